The Hall–Kier alpha value is -2.31. The number of nitriles is 1. The number of nitrogens with zero attached hydrogens (tertiary/aromatic N) is 2. The molecule has 2 aromatic carbocycles. The number of carbonyl (C=O) groups is 1. The molecule has 0 saturated carbocycles. The van der Waals surface area contributed by atoms with Crippen LogP contribution in [-0.4, -0.2) is 23.9 Å². The van der Waals surface area contributed by atoms with Gasteiger partial charge in [-0.2, -0.15) is 5.26 Å². The van der Waals surface area contributed by atoms with E-state index in [1.807, 2.05) is 17.0 Å². The van der Waals surface area contributed by atoms with Gasteiger partial charge in [0.05, 0.1) is 11.6 Å². The smallest absolute Gasteiger partial charge is 0.253 e. The predicted octanol–water partition coefficient (Wildman–Crippen LogP) is 4.62. The molecule has 3 rings (SSSR count). The van der Waals surface area contributed by atoms with E-state index in [4.69, 9.17) is 16.9 Å². The van der Waals surface area contributed by atoms with E-state index >= 15 is 0 Å². The molecule has 0 N–H and O–H groups in total. The fraction of sp³-hybridized carbons (Fsp3) is 0.300. The van der Waals surface area contributed by atoms with Gasteiger partial charge >= 0.3 is 0 Å². The predicted molar refractivity (Wildman–Crippen MR) is 95.1 cm³/mol. The Morgan fingerprint density at radius 2 is 1.96 bits per heavy atom. The van der Waals surface area contributed by atoms with Crippen molar-refractivity contribution < 1.29 is 4.79 Å². The van der Waals surface area contributed by atoms with Gasteiger partial charge in [0, 0.05) is 29.6 Å². The zero-order valence-electron chi connectivity index (χ0n) is 13.4. The zero-order chi connectivity index (χ0) is 16.9. The molecule has 1 aliphatic rings. The van der Waals surface area contributed by atoms with Crippen LogP contribution in [-0.2, 0) is 0 Å². The highest BCUT2D eigenvalue weighted by molar-refractivity contribution is 6.30. The van der Waals surface area contributed by atoms with E-state index in [0.717, 1.165) is 30.8 Å². The van der Waals surface area contributed by atoms with Crippen molar-refractivity contribution >= 4 is 17.5 Å². The normalized spacial score (nSPS) is 17.8. The molecule has 0 bridgehead atoms. The highest BCUT2D eigenvalue weighted by Crippen LogP contribution is 2.28. The van der Waals surface area contributed by atoms with Gasteiger partial charge in [0.25, 0.3) is 5.91 Å². The first-order valence-electron chi connectivity index (χ1n) is 8.22. The molecule has 0 aromatic heterocycles. The number of benzene rings is 2. The minimum Gasteiger partial charge on any atom is -0.338 e. The highest BCUT2D eigenvalue weighted by atomic mass is 35.5. The van der Waals surface area contributed by atoms with E-state index < -0.39 is 0 Å². The number of hydrogen-bond acceptors (Lipinski definition) is 2. The van der Waals surface area contributed by atoms with Gasteiger partial charge in [-0.15, -0.1) is 0 Å². The van der Waals surface area contributed by atoms with Gasteiger partial charge in [0.2, 0.25) is 0 Å². The van der Waals surface area contributed by atoms with E-state index in [1.54, 1.807) is 24.3 Å². The second-order valence-corrected chi connectivity index (χ2v) is 6.62. The number of amides is 1. The van der Waals surface area contributed by atoms with E-state index in [0.29, 0.717) is 23.6 Å². The molecule has 3 nitrogen and oxygen atoms in total. The Kier molecular flexibility index (Phi) is 5.17. The summed E-state index contributed by atoms with van der Waals surface area (Å²) in [6.45, 7) is 1.47. The van der Waals surface area contributed by atoms with Crippen LogP contribution in [0.15, 0.2) is 48.5 Å². The minimum atomic E-state index is 0.00737. The van der Waals surface area contributed by atoms with Crippen LogP contribution in [0, 0.1) is 11.3 Å². The molecule has 1 saturated heterocycles. The number of halogens is 1. The van der Waals surface area contributed by atoms with Crippen LogP contribution in [0.3, 0.4) is 0 Å². The van der Waals surface area contributed by atoms with Gasteiger partial charge in [-0.1, -0.05) is 36.2 Å². The van der Waals surface area contributed by atoms with Gasteiger partial charge in [-0.3, -0.25) is 4.79 Å². The third-order valence-electron chi connectivity index (χ3n) is 4.54. The lowest BCUT2D eigenvalue weighted by Crippen LogP contribution is -2.34. The molecular weight excluding hydrogens is 320 g/mol. The molecule has 1 heterocycles. The summed E-state index contributed by atoms with van der Waals surface area (Å²) in [5, 5.41) is 9.76. The zero-order valence-corrected chi connectivity index (χ0v) is 14.2. The summed E-state index contributed by atoms with van der Waals surface area (Å²) in [5.74, 6) is 0.334. The summed E-state index contributed by atoms with van der Waals surface area (Å²) in [6, 6.07) is 17.0. The minimum absolute atomic E-state index is 0.00737. The Labute approximate surface area is 147 Å². The highest BCUT2D eigenvalue weighted by Gasteiger charge is 2.24. The van der Waals surface area contributed by atoms with Crippen molar-refractivity contribution in [3.8, 4) is 6.07 Å². The Morgan fingerprint density at radius 1 is 1.17 bits per heavy atom. The van der Waals surface area contributed by atoms with E-state index in [9.17, 15) is 4.79 Å². The van der Waals surface area contributed by atoms with Crippen LogP contribution < -0.4 is 0 Å². The third kappa shape index (κ3) is 3.77. The van der Waals surface area contributed by atoms with Crippen molar-refractivity contribution in [1.82, 2.24) is 4.90 Å². The van der Waals surface area contributed by atoms with E-state index in [1.165, 1.54) is 5.56 Å². The van der Waals surface area contributed by atoms with Crippen molar-refractivity contribution in [1.29, 1.82) is 5.26 Å². The number of likely N-dealkylation sites (tertiary alicyclic amines) is 1. The Bertz CT molecular complexity index is 764. The molecule has 0 aliphatic carbocycles. The lowest BCUT2D eigenvalue weighted by Gasteiger charge is -2.25. The maximum atomic E-state index is 12.8. The topological polar surface area (TPSA) is 44.1 Å². The fourth-order valence-corrected chi connectivity index (χ4v) is 3.36. The van der Waals surface area contributed by atoms with Crippen molar-refractivity contribution in [3.63, 3.8) is 0 Å². The van der Waals surface area contributed by atoms with Gasteiger partial charge in [0.15, 0.2) is 0 Å². The molecule has 1 unspecified atom stereocenters. The van der Waals surface area contributed by atoms with Gasteiger partial charge in [-0.05, 0) is 48.7 Å². The Morgan fingerprint density at radius 3 is 2.71 bits per heavy atom. The summed E-state index contributed by atoms with van der Waals surface area (Å²) < 4.78 is 0. The second kappa shape index (κ2) is 7.51. The van der Waals surface area contributed by atoms with E-state index in [2.05, 4.69) is 18.2 Å². The first-order valence-corrected chi connectivity index (χ1v) is 8.60. The maximum absolute atomic E-state index is 12.8. The van der Waals surface area contributed by atoms with E-state index in [-0.39, 0.29) is 5.91 Å². The van der Waals surface area contributed by atoms with Crippen molar-refractivity contribution in [2.45, 2.75) is 25.2 Å². The molecule has 1 fully saturated rings. The molecule has 1 aliphatic heterocycles. The largest absolute Gasteiger partial charge is 0.338 e. The molecule has 0 radical (unpaired) electrons. The molecule has 0 spiro atoms. The van der Waals surface area contributed by atoms with Gasteiger partial charge < -0.3 is 4.90 Å². The molecule has 122 valence electrons. The molecule has 4 heteroatoms. The van der Waals surface area contributed by atoms with Crippen LogP contribution in [0.1, 0.15) is 46.7 Å². The average molecular weight is 339 g/mol. The monoisotopic (exact) mass is 338 g/mol. The third-order valence-corrected chi connectivity index (χ3v) is 4.79. The number of hydrogen-bond donors (Lipinski definition) is 0. The van der Waals surface area contributed by atoms with Crippen molar-refractivity contribution in [2.75, 3.05) is 13.1 Å². The standard InChI is InChI=1S/C20H19ClN2O/c21-19-9-7-16(8-10-19)18-5-1-2-11-23(14-18)20(24)17-6-3-4-15(12-17)13-22/h3-4,6-10,12,18H,1-2,5,11,14H2. The summed E-state index contributed by atoms with van der Waals surface area (Å²) in [5.41, 5.74) is 2.33. The lowest BCUT2D eigenvalue weighted by molar-refractivity contribution is 0.0754. The quantitative estimate of drug-likeness (QED) is 0.801. The van der Waals surface area contributed by atoms with Crippen molar-refractivity contribution in [3.05, 3.63) is 70.2 Å². The first-order chi connectivity index (χ1) is 11.7. The molecule has 2 aromatic rings. The first kappa shape index (κ1) is 16.5. The van der Waals surface area contributed by atoms with Gasteiger partial charge in [-0.25, -0.2) is 0 Å². The SMILES string of the molecule is N#Cc1cccc(C(=O)N2CCCCC(c3ccc(Cl)cc3)C2)c1. The number of rotatable bonds is 2. The summed E-state index contributed by atoms with van der Waals surface area (Å²) >= 11 is 5.98. The summed E-state index contributed by atoms with van der Waals surface area (Å²) in [7, 11) is 0. The molecular formula is C20H19ClN2O. The summed E-state index contributed by atoms with van der Waals surface area (Å²) in [6.07, 6.45) is 3.19. The Balaban J connectivity index is 1.80. The van der Waals surface area contributed by atoms with Gasteiger partial charge in [0.1, 0.15) is 0 Å². The van der Waals surface area contributed by atoms with Crippen LogP contribution in [0.2, 0.25) is 5.02 Å². The second-order valence-electron chi connectivity index (χ2n) is 6.19. The summed E-state index contributed by atoms with van der Waals surface area (Å²) in [4.78, 5) is 14.8. The van der Waals surface area contributed by atoms with Crippen LogP contribution in [0.25, 0.3) is 0 Å². The fourth-order valence-electron chi connectivity index (χ4n) is 3.24. The molecule has 24 heavy (non-hydrogen) atoms. The lowest BCUT2D eigenvalue weighted by atomic mass is 9.94. The van der Waals surface area contributed by atoms with Crippen LogP contribution in [0.4, 0.5) is 0 Å². The average Bonchev–Trinajstić information content (AvgIpc) is 2.88. The van der Waals surface area contributed by atoms with Crippen molar-refractivity contribution in [2.24, 2.45) is 0 Å². The maximum Gasteiger partial charge on any atom is 0.253 e. The molecule has 1 atom stereocenters. The van der Waals surface area contributed by atoms with Crippen LogP contribution in [0.5, 0.6) is 0 Å². The molecule has 1 amide bonds. The number of carbonyl (C=O) groups excluding carboxylic acids is 1. The van der Waals surface area contributed by atoms with Crippen LogP contribution >= 0.6 is 11.6 Å².